The van der Waals surface area contributed by atoms with Gasteiger partial charge in [-0.15, -0.1) is 0 Å². The molecular formula is C12H25N3O2. The van der Waals surface area contributed by atoms with Gasteiger partial charge in [-0.25, -0.2) is 0 Å². The Morgan fingerprint density at radius 3 is 3.06 bits per heavy atom. The van der Waals surface area contributed by atoms with Gasteiger partial charge in [0.25, 0.3) is 0 Å². The number of methoxy groups -OCH3 is 1. The number of nitrogens with one attached hydrogen (secondary N) is 1. The molecule has 0 spiro atoms. The maximum atomic E-state index is 11.7. The number of nitrogens with two attached hydrogens (primary N) is 1. The molecule has 17 heavy (non-hydrogen) atoms. The maximum Gasteiger partial charge on any atom is 0.234 e. The van der Waals surface area contributed by atoms with Crippen molar-refractivity contribution < 1.29 is 9.53 Å². The van der Waals surface area contributed by atoms with Gasteiger partial charge < -0.3 is 15.8 Å². The van der Waals surface area contributed by atoms with Crippen LogP contribution in [0.25, 0.3) is 0 Å². The topological polar surface area (TPSA) is 67.6 Å². The molecule has 1 aliphatic rings. The number of hydrogen-bond acceptors (Lipinski definition) is 4. The molecule has 100 valence electrons. The van der Waals surface area contributed by atoms with E-state index < -0.39 is 0 Å². The zero-order valence-corrected chi connectivity index (χ0v) is 10.8. The molecule has 0 aromatic rings. The minimum absolute atomic E-state index is 0.0986. The van der Waals surface area contributed by atoms with Crippen molar-refractivity contribution in [3.8, 4) is 0 Å². The summed E-state index contributed by atoms with van der Waals surface area (Å²) in [6, 6.07) is 0.383. The molecular weight excluding hydrogens is 218 g/mol. The largest absolute Gasteiger partial charge is 0.385 e. The van der Waals surface area contributed by atoms with Crippen LogP contribution < -0.4 is 11.1 Å². The van der Waals surface area contributed by atoms with E-state index in [1.807, 2.05) is 0 Å². The van der Waals surface area contributed by atoms with E-state index in [1.54, 1.807) is 7.11 Å². The lowest BCUT2D eigenvalue weighted by Gasteiger charge is -2.34. The maximum absolute atomic E-state index is 11.7. The van der Waals surface area contributed by atoms with E-state index in [2.05, 4.69) is 10.2 Å². The van der Waals surface area contributed by atoms with Crippen LogP contribution in [-0.2, 0) is 9.53 Å². The number of rotatable bonds is 7. The Bertz CT molecular complexity index is 224. The molecule has 1 atom stereocenters. The summed E-state index contributed by atoms with van der Waals surface area (Å²) in [5.41, 5.74) is 5.72. The first kappa shape index (κ1) is 14.4. The molecule has 0 saturated carbocycles. The van der Waals surface area contributed by atoms with E-state index in [0.29, 0.717) is 32.3 Å². The molecule has 1 heterocycles. The SMILES string of the molecule is COCCCNC(=O)CN1CCCCC1CN. The first-order chi connectivity index (χ1) is 8.27. The van der Waals surface area contributed by atoms with Crippen molar-refractivity contribution >= 4 is 5.91 Å². The second-order valence-electron chi connectivity index (χ2n) is 4.55. The van der Waals surface area contributed by atoms with Gasteiger partial charge in [-0.05, 0) is 25.8 Å². The molecule has 5 heteroatoms. The van der Waals surface area contributed by atoms with Crippen molar-refractivity contribution in [2.45, 2.75) is 31.7 Å². The molecule has 5 nitrogen and oxygen atoms in total. The highest BCUT2D eigenvalue weighted by Crippen LogP contribution is 2.15. The summed E-state index contributed by atoms with van der Waals surface area (Å²) in [6.45, 7) is 3.50. The summed E-state index contributed by atoms with van der Waals surface area (Å²) in [5.74, 6) is 0.0986. The molecule has 0 bridgehead atoms. The summed E-state index contributed by atoms with van der Waals surface area (Å²) in [5, 5.41) is 2.91. The molecule has 0 aliphatic carbocycles. The molecule has 1 amide bonds. The van der Waals surface area contributed by atoms with Gasteiger partial charge in [-0.2, -0.15) is 0 Å². The van der Waals surface area contributed by atoms with E-state index >= 15 is 0 Å². The second-order valence-corrected chi connectivity index (χ2v) is 4.55. The van der Waals surface area contributed by atoms with Gasteiger partial charge in [-0.1, -0.05) is 6.42 Å². The Morgan fingerprint density at radius 1 is 1.53 bits per heavy atom. The Hall–Kier alpha value is -0.650. The number of nitrogens with zero attached hydrogens (tertiary/aromatic N) is 1. The molecule has 0 aromatic heterocycles. The fourth-order valence-corrected chi connectivity index (χ4v) is 2.22. The van der Waals surface area contributed by atoms with Crippen molar-refractivity contribution in [2.24, 2.45) is 5.73 Å². The summed E-state index contributed by atoms with van der Waals surface area (Å²) in [6.07, 6.45) is 4.39. The Balaban J connectivity index is 2.19. The van der Waals surface area contributed by atoms with Gasteiger partial charge in [0.15, 0.2) is 0 Å². The first-order valence-electron chi connectivity index (χ1n) is 6.47. The van der Waals surface area contributed by atoms with E-state index in [1.165, 1.54) is 12.8 Å². The Labute approximate surface area is 104 Å². The fraction of sp³-hybridized carbons (Fsp3) is 0.917. The van der Waals surface area contributed by atoms with Crippen LogP contribution in [0, 0.1) is 0 Å². The van der Waals surface area contributed by atoms with E-state index in [4.69, 9.17) is 10.5 Å². The highest BCUT2D eigenvalue weighted by Gasteiger charge is 2.22. The highest BCUT2D eigenvalue weighted by atomic mass is 16.5. The van der Waals surface area contributed by atoms with Crippen LogP contribution in [0.4, 0.5) is 0 Å². The van der Waals surface area contributed by atoms with Gasteiger partial charge >= 0.3 is 0 Å². The zero-order valence-electron chi connectivity index (χ0n) is 10.8. The van der Waals surface area contributed by atoms with E-state index in [9.17, 15) is 4.79 Å². The van der Waals surface area contributed by atoms with Gasteiger partial charge in [0, 0.05) is 32.8 Å². The minimum Gasteiger partial charge on any atom is -0.385 e. The third-order valence-corrected chi connectivity index (χ3v) is 3.22. The van der Waals surface area contributed by atoms with Crippen LogP contribution in [0.3, 0.4) is 0 Å². The lowest BCUT2D eigenvalue weighted by molar-refractivity contribution is -0.123. The van der Waals surface area contributed by atoms with Crippen molar-refractivity contribution in [3.05, 3.63) is 0 Å². The number of carbonyl (C=O) groups is 1. The number of ether oxygens (including phenoxy) is 1. The van der Waals surface area contributed by atoms with Crippen LogP contribution in [0.2, 0.25) is 0 Å². The number of likely N-dealkylation sites (tertiary alicyclic amines) is 1. The lowest BCUT2D eigenvalue weighted by Crippen LogP contribution is -2.48. The average molecular weight is 243 g/mol. The lowest BCUT2D eigenvalue weighted by atomic mass is 10.0. The zero-order chi connectivity index (χ0) is 12.5. The average Bonchev–Trinajstić information content (AvgIpc) is 2.35. The smallest absolute Gasteiger partial charge is 0.234 e. The number of piperidine rings is 1. The molecule has 0 aromatic carbocycles. The number of carbonyl (C=O) groups excluding carboxylic acids is 1. The van der Waals surface area contributed by atoms with Gasteiger partial charge in [0.05, 0.1) is 6.54 Å². The van der Waals surface area contributed by atoms with Crippen molar-refractivity contribution in [1.82, 2.24) is 10.2 Å². The van der Waals surface area contributed by atoms with Crippen LogP contribution in [0.5, 0.6) is 0 Å². The monoisotopic (exact) mass is 243 g/mol. The summed E-state index contributed by atoms with van der Waals surface area (Å²) in [7, 11) is 1.67. The van der Waals surface area contributed by atoms with Crippen molar-refractivity contribution in [1.29, 1.82) is 0 Å². The van der Waals surface area contributed by atoms with Crippen molar-refractivity contribution in [2.75, 3.05) is 39.9 Å². The molecule has 1 fully saturated rings. The standard InChI is InChI=1S/C12H25N3O2/c1-17-8-4-6-14-12(16)10-15-7-3-2-5-11(15)9-13/h11H,2-10,13H2,1H3,(H,14,16). The minimum atomic E-state index is 0.0986. The van der Waals surface area contributed by atoms with Gasteiger partial charge in [0.1, 0.15) is 0 Å². The molecule has 0 radical (unpaired) electrons. The third-order valence-electron chi connectivity index (χ3n) is 3.22. The Morgan fingerprint density at radius 2 is 2.35 bits per heavy atom. The van der Waals surface area contributed by atoms with E-state index in [0.717, 1.165) is 19.4 Å². The fourth-order valence-electron chi connectivity index (χ4n) is 2.22. The highest BCUT2D eigenvalue weighted by molar-refractivity contribution is 5.78. The summed E-state index contributed by atoms with van der Waals surface area (Å²) in [4.78, 5) is 13.9. The molecule has 1 aliphatic heterocycles. The van der Waals surface area contributed by atoms with Crippen LogP contribution in [-0.4, -0.2) is 56.7 Å². The van der Waals surface area contributed by atoms with Crippen molar-refractivity contribution in [3.63, 3.8) is 0 Å². The van der Waals surface area contributed by atoms with Crippen LogP contribution >= 0.6 is 0 Å². The number of amides is 1. The van der Waals surface area contributed by atoms with Gasteiger partial charge in [0.2, 0.25) is 5.91 Å². The Kier molecular flexibility index (Phi) is 7.16. The molecule has 3 N–H and O–H groups in total. The number of hydrogen-bond donors (Lipinski definition) is 2. The van der Waals surface area contributed by atoms with Gasteiger partial charge in [-0.3, -0.25) is 9.69 Å². The second kappa shape index (κ2) is 8.44. The quantitative estimate of drug-likeness (QED) is 0.615. The normalized spacial score (nSPS) is 21.4. The molecule has 1 unspecified atom stereocenters. The third kappa shape index (κ3) is 5.48. The predicted molar refractivity (Wildman–Crippen MR) is 67.8 cm³/mol. The molecule has 1 saturated heterocycles. The first-order valence-corrected chi connectivity index (χ1v) is 6.47. The predicted octanol–water partition coefficient (Wildman–Crippen LogP) is -0.0477. The summed E-state index contributed by atoms with van der Waals surface area (Å²) >= 11 is 0. The van der Waals surface area contributed by atoms with E-state index in [-0.39, 0.29) is 5.91 Å². The van der Waals surface area contributed by atoms with Crippen LogP contribution in [0.15, 0.2) is 0 Å². The van der Waals surface area contributed by atoms with Crippen LogP contribution in [0.1, 0.15) is 25.7 Å². The molecule has 1 rings (SSSR count). The summed E-state index contributed by atoms with van der Waals surface area (Å²) < 4.78 is 4.93.